The molecular weight excluding hydrogens is 252 g/mol. The van der Waals surface area contributed by atoms with Crippen LogP contribution in [0, 0.1) is 0 Å². The number of aromatic nitrogens is 1. The fourth-order valence-electron chi connectivity index (χ4n) is 1.98. The Morgan fingerprint density at radius 1 is 1.15 bits per heavy atom. The molecule has 0 saturated heterocycles. The smallest absolute Gasteiger partial charge is 0.300 e. The van der Waals surface area contributed by atoms with Gasteiger partial charge in [0.15, 0.2) is 5.58 Å². The molecule has 3 aromatic rings. The van der Waals surface area contributed by atoms with Crippen molar-refractivity contribution in [2.45, 2.75) is 0 Å². The molecule has 0 saturated carbocycles. The van der Waals surface area contributed by atoms with Crippen LogP contribution in [0.5, 0.6) is 0 Å². The van der Waals surface area contributed by atoms with E-state index in [-0.39, 0.29) is 0 Å². The van der Waals surface area contributed by atoms with Crippen LogP contribution in [-0.4, -0.2) is 19.1 Å². The van der Waals surface area contributed by atoms with Crippen molar-refractivity contribution in [3.8, 4) is 0 Å². The molecular formula is C15H16N4O. The van der Waals surface area contributed by atoms with E-state index in [2.05, 4.69) is 10.3 Å². The zero-order chi connectivity index (χ0) is 14.1. The average molecular weight is 268 g/mol. The van der Waals surface area contributed by atoms with Crippen molar-refractivity contribution in [3.05, 3.63) is 42.5 Å². The minimum atomic E-state index is 0.460. The van der Waals surface area contributed by atoms with E-state index in [0.717, 1.165) is 16.9 Å². The van der Waals surface area contributed by atoms with Crippen LogP contribution in [0.1, 0.15) is 0 Å². The van der Waals surface area contributed by atoms with E-state index >= 15 is 0 Å². The Kier molecular flexibility index (Phi) is 2.95. The van der Waals surface area contributed by atoms with Crippen LogP contribution in [0.25, 0.3) is 11.1 Å². The molecule has 0 bridgehead atoms. The molecule has 0 aliphatic rings. The van der Waals surface area contributed by atoms with Crippen molar-refractivity contribution in [1.82, 2.24) is 4.98 Å². The second kappa shape index (κ2) is 4.77. The first-order chi connectivity index (χ1) is 9.61. The van der Waals surface area contributed by atoms with Gasteiger partial charge in [0, 0.05) is 31.2 Å². The minimum absolute atomic E-state index is 0.460. The second-order valence-electron chi connectivity index (χ2n) is 4.82. The van der Waals surface area contributed by atoms with Gasteiger partial charge in [-0.15, -0.1) is 0 Å². The van der Waals surface area contributed by atoms with Gasteiger partial charge in [0.25, 0.3) is 6.01 Å². The fraction of sp³-hybridized carbons (Fsp3) is 0.133. The number of oxazole rings is 1. The molecule has 0 aliphatic heterocycles. The van der Waals surface area contributed by atoms with Gasteiger partial charge >= 0.3 is 0 Å². The summed E-state index contributed by atoms with van der Waals surface area (Å²) in [6.45, 7) is 0. The van der Waals surface area contributed by atoms with Crippen LogP contribution in [0.2, 0.25) is 0 Å². The number of hydrogen-bond acceptors (Lipinski definition) is 5. The van der Waals surface area contributed by atoms with E-state index in [1.165, 1.54) is 0 Å². The number of rotatable bonds is 3. The van der Waals surface area contributed by atoms with Crippen molar-refractivity contribution >= 4 is 34.2 Å². The summed E-state index contributed by atoms with van der Waals surface area (Å²) in [5.74, 6) is 0. The lowest BCUT2D eigenvalue weighted by molar-refractivity contribution is 0.623. The Bertz CT molecular complexity index is 748. The number of nitrogens with zero attached hydrogens (tertiary/aromatic N) is 2. The summed E-state index contributed by atoms with van der Waals surface area (Å²) in [5.41, 5.74) is 9.90. The number of anilines is 4. The molecule has 20 heavy (non-hydrogen) atoms. The second-order valence-corrected chi connectivity index (χ2v) is 4.82. The number of nitrogens with one attached hydrogen (secondary N) is 1. The summed E-state index contributed by atoms with van der Waals surface area (Å²) in [5, 5.41) is 3.16. The monoisotopic (exact) mass is 268 g/mol. The van der Waals surface area contributed by atoms with Crippen molar-refractivity contribution in [3.63, 3.8) is 0 Å². The summed E-state index contributed by atoms with van der Waals surface area (Å²) in [6, 6.07) is 13.9. The first kappa shape index (κ1) is 12.3. The lowest BCUT2D eigenvalue weighted by Gasteiger charge is -2.13. The fourth-order valence-corrected chi connectivity index (χ4v) is 1.98. The van der Waals surface area contributed by atoms with E-state index in [1.807, 2.05) is 49.3 Å². The van der Waals surface area contributed by atoms with Crippen molar-refractivity contribution in [1.29, 1.82) is 0 Å². The molecule has 5 nitrogen and oxygen atoms in total. The van der Waals surface area contributed by atoms with Gasteiger partial charge in [-0.2, -0.15) is 4.98 Å². The van der Waals surface area contributed by atoms with Gasteiger partial charge in [-0.1, -0.05) is 6.07 Å². The number of nitrogens with two attached hydrogens (primary N) is 1. The molecule has 1 aromatic heterocycles. The van der Waals surface area contributed by atoms with Gasteiger partial charge in [-0.25, -0.2) is 0 Å². The third-order valence-electron chi connectivity index (χ3n) is 3.03. The number of fused-ring (bicyclic) bond motifs is 1. The zero-order valence-electron chi connectivity index (χ0n) is 11.4. The van der Waals surface area contributed by atoms with Gasteiger partial charge in [-0.05, 0) is 36.4 Å². The van der Waals surface area contributed by atoms with E-state index in [0.29, 0.717) is 17.3 Å². The summed E-state index contributed by atoms with van der Waals surface area (Å²) in [4.78, 5) is 6.41. The predicted molar refractivity (Wildman–Crippen MR) is 82.5 cm³/mol. The van der Waals surface area contributed by atoms with E-state index in [4.69, 9.17) is 10.2 Å². The summed E-state index contributed by atoms with van der Waals surface area (Å²) in [7, 11) is 4.00. The highest BCUT2D eigenvalue weighted by molar-refractivity contribution is 5.79. The first-order valence-corrected chi connectivity index (χ1v) is 6.32. The Hall–Kier alpha value is -2.69. The highest BCUT2D eigenvalue weighted by atomic mass is 16.4. The Morgan fingerprint density at radius 2 is 2.00 bits per heavy atom. The largest absolute Gasteiger partial charge is 0.423 e. The third-order valence-corrected chi connectivity index (χ3v) is 3.03. The minimum Gasteiger partial charge on any atom is -0.423 e. The normalized spacial score (nSPS) is 10.7. The molecule has 102 valence electrons. The van der Waals surface area contributed by atoms with E-state index in [1.54, 1.807) is 12.1 Å². The SMILES string of the molecule is CN(C)c1cccc(Nc2nc3cc(N)ccc3o2)c1. The summed E-state index contributed by atoms with van der Waals surface area (Å²) in [6.07, 6.45) is 0. The van der Waals surface area contributed by atoms with Crippen LogP contribution in [0.4, 0.5) is 23.1 Å². The molecule has 0 spiro atoms. The van der Waals surface area contributed by atoms with Crippen molar-refractivity contribution in [2.75, 3.05) is 30.0 Å². The number of nitrogen functional groups attached to an aromatic ring is 1. The first-order valence-electron chi connectivity index (χ1n) is 6.32. The topological polar surface area (TPSA) is 67.3 Å². The standard InChI is InChI=1S/C15H16N4O/c1-19(2)12-5-3-4-11(9-12)17-15-18-13-8-10(16)6-7-14(13)20-15/h3-9H,16H2,1-2H3,(H,17,18). The molecule has 5 heteroatoms. The Labute approximate surface area is 117 Å². The van der Waals surface area contributed by atoms with Crippen molar-refractivity contribution < 1.29 is 4.42 Å². The Balaban J connectivity index is 1.90. The van der Waals surface area contributed by atoms with Crippen LogP contribution in [0.3, 0.4) is 0 Å². The van der Waals surface area contributed by atoms with Crippen LogP contribution in [-0.2, 0) is 0 Å². The maximum absolute atomic E-state index is 5.73. The highest BCUT2D eigenvalue weighted by Crippen LogP contribution is 2.25. The van der Waals surface area contributed by atoms with Crippen LogP contribution in [0.15, 0.2) is 46.9 Å². The van der Waals surface area contributed by atoms with Gasteiger partial charge < -0.3 is 20.4 Å². The summed E-state index contributed by atoms with van der Waals surface area (Å²) < 4.78 is 5.64. The van der Waals surface area contributed by atoms with Crippen LogP contribution < -0.4 is 16.0 Å². The molecule has 3 N–H and O–H groups in total. The molecule has 3 rings (SSSR count). The number of benzene rings is 2. The highest BCUT2D eigenvalue weighted by Gasteiger charge is 2.06. The molecule has 0 aliphatic carbocycles. The van der Waals surface area contributed by atoms with Gasteiger partial charge in [0.2, 0.25) is 0 Å². The maximum Gasteiger partial charge on any atom is 0.300 e. The third kappa shape index (κ3) is 2.38. The van der Waals surface area contributed by atoms with E-state index < -0.39 is 0 Å². The quantitative estimate of drug-likeness (QED) is 0.714. The van der Waals surface area contributed by atoms with Gasteiger partial charge in [-0.3, -0.25) is 0 Å². The molecule has 0 atom stereocenters. The molecule has 2 aromatic carbocycles. The zero-order valence-corrected chi connectivity index (χ0v) is 11.4. The average Bonchev–Trinajstić information content (AvgIpc) is 2.80. The number of hydrogen-bond donors (Lipinski definition) is 2. The van der Waals surface area contributed by atoms with Gasteiger partial charge in [0.1, 0.15) is 5.52 Å². The lowest BCUT2D eigenvalue weighted by Crippen LogP contribution is -2.08. The molecule has 0 unspecified atom stereocenters. The molecule has 1 heterocycles. The lowest BCUT2D eigenvalue weighted by atomic mass is 10.2. The molecule has 0 amide bonds. The van der Waals surface area contributed by atoms with E-state index in [9.17, 15) is 0 Å². The molecule has 0 fully saturated rings. The predicted octanol–water partition coefficient (Wildman–Crippen LogP) is 3.22. The molecule has 0 radical (unpaired) electrons. The maximum atomic E-state index is 5.73. The van der Waals surface area contributed by atoms with Crippen molar-refractivity contribution in [2.24, 2.45) is 0 Å². The van der Waals surface area contributed by atoms with Crippen LogP contribution >= 0.6 is 0 Å². The van der Waals surface area contributed by atoms with Gasteiger partial charge in [0.05, 0.1) is 0 Å². The Morgan fingerprint density at radius 3 is 2.80 bits per heavy atom. The summed E-state index contributed by atoms with van der Waals surface area (Å²) >= 11 is 0.